The Morgan fingerprint density at radius 1 is 0.512 bits per heavy atom. The average molecular weight is 521 g/mol. The van der Waals surface area contributed by atoms with Gasteiger partial charge in [0, 0.05) is 0 Å². The van der Waals surface area contributed by atoms with Crippen LogP contribution >= 0.6 is 0 Å². The first-order valence-electron chi connectivity index (χ1n) is 14.6. The van der Waals surface area contributed by atoms with Crippen molar-refractivity contribution in [3.8, 4) is 22.3 Å². The molecule has 0 atom stereocenters. The SMILES string of the molecule is C1=CC2=CCc3cccc4c(-c5cccc(C6(c7ccccc7)c7ccccc7-c7ccccc76)c5)cc(c2c34)C1. The standard InChI is InChI=1S/C41H28/c1-2-15-31(16-3-1)41(37-21-6-4-18-33(37)34-19-5-7-22-38(34)41)32-17-9-13-29(25-32)36-26-30-14-8-11-27-23-24-28-12-10-20-35(36)40(28)39(27)30/h1-13,15-23,25-26H,14,24H2. The maximum atomic E-state index is 2.47. The molecule has 6 aromatic rings. The van der Waals surface area contributed by atoms with E-state index in [0.29, 0.717) is 0 Å². The molecular weight excluding hydrogens is 492 g/mol. The molecule has 9 rings (SSSR count). The predicted octanol–water partition coefficient (Wildman–Crippen LogP) is 9.92. The van der Waals surface area contributed by atoms with Gasteiger partial charge >= 0.3 is 0 Å². The van der Waals surface area contributed by atoms with Gasteiger partial charge in [-0.15, -0.1) is 0 Å². The van der Waals surface area contributed by atoms with Crippen LogP contribution in [0.5, 0.6) is 0 Å². The molecule has 0 saturated carbocycles. The average Bonchev–Trinajstić information content (AvgIpc) is 3.35. The zero-order valence-electron chi connectivity index (χ0n) is 22.8. The number of fused-ring (bicyclic) bond motifs is 3. The van der Waals surface area contributed by atoms with Gasteiger partial charge in [-0.25, -0.2) is 0 Å². The highest BCUT2D eigenvalue weighted by Crippen LogP contribution is 2.56. The van der Waals surface area contributed by atoms with Gasteiger partial charge in [0.15, 0.2) is 0 Å². The minimum Gasteiger partial charge on any atom is -0.0795 e. The highest BCUT2D eigenvalue weighted by molar-refractivity contribution is 6.08. The molecule has 6 aromatic carbocycles. The van der Waals surface area contributed by atoms with Crippen molar-refractivity contribution in [2.75, 3.05) is 0 Å². The highest BCUT2D eigenvalue weighted by atomic mass is 14.5. The molecular formula is C41H28. The molecule has 0 nitrogen and oxygen atoms in total. The summed E-state index contributed by atoms with van der Waals surface area (Å²) in [7, 11) is 0. The van der Waals surface area contributed by atoms with E-state index < -0.39 is 0 Å². The van der Waals surface area contributed by atoms with E-state index in [2.05, 4.69) is 146 Å². The second-order valence-electron chi connectivity index (χ2n) is 11.6. The summed E-state index contributed by atoms with van der Waals surface area (Å²) in [4.78, 5) is 0. The van der Waals surface area contributed by atoms with Crippen molar-refractivity contribution in [3.63, 3.8) is 0 Å². The number of benzene rings is 6. The van der Waals surface area contributed by atoms with Crippen molar-refractivity contribution in [1.29, 1.82) is 0 Å². The normalized spacial score (nSPS) is 15.4. The quantitative estimate of drug-likeness (QED) is 0.217. The Morgan fingerprint density at radius 2 is 1.22 bits per heavy atom. The fraction of sp³-hybridized carbons (Fsp3) is 0.0732. The van der Waals surface area contributed by atoms with Gasteiger partial charge in [-0.1, -0.05) is 133 Å². The minimum atomic E-state index is -0.385. The summed E-state index contributed by atoms with van der Waals surface area (Å²) in [6.45, 7) is 0. The van der Waals surface area contributed by atoms with Crippen molar-refractivity contribution in [3.05, 3.63) is 185 Å². The molecule has 0 spiro atoms. The van der Waals surface area contributed by atoms with E-state index in [9.17, 15) is 0 Å². The summed E-state index contributed by atoms with van der Waals surface area (Å²) in [5, 5.41) is 2.81. The van der Waals surface area contributed by atoms with Gasteiger partial charge in [0.1, 0.15) is 0 Å². The van der Waals surface area contributed by atoms with E-state index in [0.717, 1.165) is 12.8 Å². The van der Waals surface area contributed by atoms with Crippen LogP contribution in [-0.2, 0) is 18.3 Å². The fourth-order valence-electron chi connectivity index (χ4n) is 7.92. The monoisotopic (exact) mass is 520 g/mol. The second-order valence-corrected chi connectivity index (χ2v) is 11.6. The van der Waals surface area contributed by atoms with Gasteiger partial charge in [0.05, 0.1) is 5.41 Å². The molecule has 3 aliphatic carbocycles. The Hall–Kier alpha value is -4.94. The van der Waals surface area contributed by atoms with Crippen LogP contribution in [0, 0.1) is 0 Å². The van der Waals surface area contributed by atoms with Crippen LogP contribution in [0.15, 0.2) is 146 Å². The summed E-state index contributed by atoms with van der Waals surface area (Å²) < 4.78 is 0. The molecule has 0 amide bonds. The summed E-state index contributed by atoms with van der Waals surface area (Å²) in [6.07, 6.45) is 9.02. The molecule has 41 heavy (non-hydrogen) atoms. The highest BCUT2D eigenvalue weighted by Gasteiger charge is 2.45. The third-order valence-electron chi connectivity index (χ3n) is 9.56. The van der Waals surface area contributed by atoms with E-state index in [1.165, 1.54) is 77.5 Å². The molecule has 0 radical (unpaired) electrons. The van der Waals surface area contributed by atoms with Crippen LogP contribution in [0.4, 0.5) is 0 Å². The summed E-state index contributed by atoms with van der Waals surface area (Å²) in [6, 6.07) is 47.8. The molecule has 0 heteroatoms. The van der Waals surface area contributed by atoms with E-state index in [4.69, 9.17) is 0 Å². The number of hydrogen-bond donors (Lipinski definition) is 0. The zero-order valence-corrected chi connectivity index (χ0v) is 22.8. The Kier molecular flexibility index (Phi) is 4.75. The van der Waals surface area contributed by atoms with Gasteiger partial charge in [0.25, 0.3) is 0 Å². The molecule has 3 aliphatic rings. The largest absolute Gasteiger partial charge is 0.0795 e. The minimum absolute atomic E-state index is 0.385. The van der Waals surface area contributed by atoms with Crippen LogP contribution in [0.2, 0.25) is 0 Å². The van der Waals surface area contributed by atoms with Crippen molar-refractivity contribution < 1.29 is 0 Å². The van der Waals surface area contributed by atoms with Crippen molar-refractivity contribution in [2.24, 2.45) is 0 Å². The van der Waals surface area contributed by atoms with Crippen LogP contribution in [0.25, 0.3) is 38.6 Å². The van der Waals surface area contributed by atoms with Crippen LogP contribution in [-0.4, -0.2) is 0 Å². The smallest absolute Gasteiger partial charge is 0.0713 e. The topological polar surface area (TPSA) is 0 Å². The molecule has 192 valence electrons. The van der Waals surface area contributed by atoms with Crippen LogP contribution in [0.1, 0.15) is 38.9 Å². The van der Waals surface area contributed by atoms with E-state index >= 15 is 0 Å². The summed E-state index contributed by atoms with van der Waals surface area (Å²) in [5.41, 5.74) is 15.9. The lowest BCUT2D eigenvalue weighted by molar-refractivity contribution is 0.769. The number of rotatable bonds is 3. The molecule has 0 N–H and O–H groups in total. The molecule has 0 bridgehead atoms. The van der Waals surface area contributed by atoms with Gasteiger partial charge in [0.2, 0.25) is 0 Å². The molecule has 0 unspecified atom stereocenters. The van der Waals surface area contributed by atoms with Gasteiger partial charge in [-0.3, -0.25) is 0 Å². The lowest BCUT2D eigenvalue weighted by Crippen LogP contribution is -2.28. The van der Waals surface area contributed by atoms with E-state index in [-0.39, 0.29) is 5.41 Å². The molecule has 0 aliphatic heterocycles. The van der Waals surface area contributed by atoms with Crippen LogP contribution in [0.3, 0.4) is 0 Å². The lowest BCUT2D eigenvalue weighted by atomic mass is 9.67. The first kappa shape index (κ1) is 22.8. The molecule has 0 fully saturated rings. The van der Waals surface area contributed by atoms with Crippen molar-refractivity contribution in [2.45, 2.75) is 18.3 Å². The number of hydrogen-bond acceptors (Lipinski definition) is 0. The summed E-state index contributed by atoms with van der Waals surface area (Å²) in [5.74, 6) is 0. The third-order valence-corrected chi connectivity index (χ3v) is 9.56. The second kappa shape index (κ2) is 8.53. The Bertz CT molecular complexity index is 2040. The Balaban J connectivity index is 1.35. The van der Waals surface area contributed by atoms with Gasteiger partial charge in [-0.05, 0) is 103 Å². The first-order chi connectivity index (χ1) is 20.3. The molecule has 0 saturated heterocycles. The fourth-order valence-corrected chi connectivity index (χ4v) is 7.92. The third kappa shape index (κ3) is 3.05. The van der Waals surface area contributed by atoms with Crippen molar-refractivity contribution in [1.82, 2.24) is 0 Å². The maximum Gasteiger partial charge on any atom is 0.0713 e. The predicted molar refractivity (Wildman–Crippen MR) is 171 cm³/mol. The maximum absolute atomic E-state index is 2.47. The first-order valence-corrected chi connectivity index (χ1v) is 14.6. The van der Waals surface area contributed by atoms with Gasteiger partial charge < -0.3 is 0 Å². The van der Waals surface area contributed by atoms with E-state index in [1.807, 2.05) is 0 Å². The van der Waals surface area contributed by atoms with Crippen molar-refractivity contribution >= 4 is 16.3 Å². The molecule has 0 heterocycles. The van der Waals surface area contributed by atoms with Gasteiger partial charge in [-0.2, -0.15) is 0 Å². The number of allylic oxidation sites excluding steroid dienone is 4. The van der Waals surface area contributed by atoms with Crippen LogP contribution < -0.4 is 0 Å². The molecule has 0 aromatic heterocycles. The van der Waals surface area contributed by atoms with E-state index in [1.54, 1.807) is 0 Å². The Morgan fingerprint density at radius 3 is 2.02 bits per heavy atom. The zero-order chi connectivity index (χ0) is 27.0. The summed E-state index contributed by atoms with van der Waals surface area (Å²) >= 11 is 0. The lowest BCUT2D eigenvalue weighted by Gasteiger charge is -2.34. The Labute approximate surface area is 240 Å².